The molecule has 0 saturated heterocycles. The van der Waals surface area contributed by atoms with Crippen molar-refractivity contribution in [2.45, 2.75) is 33.6 Å². The molecule has 0 bridgehead atoms. The molecule has 0 aliphatic rings. The normalized spacial score (nSPS) is 10.8. The Labute approximate surface area is 126 Å². The minimum absolute atomic E-state index is 0.0276. The Morgan fingerprint density at radius 1 is 1.38 bits per heavy atom. The Morgan fingerprint density at radius 2 is 2.00 bits per heavy atom. The van der Waals surface area contributed by atoms with E-state index in [1.54, 1.807) is 22.8 Å². The van der Waals surface area contributed by atoms with Crippen LogP contribution < -0.4 is 0 Å². The Bertz CT molecular complexity index is 492. The maximum absolute atomic E-state index is 12.7. The molecule has 6 nitrogen and oxygen atoms in total. The van der Waals surface area contributed by atoms with Crippen molar-refractivity contribution in [2.24, 2.45) is 13.0 Å². The van der Waals surface area contributed by atoms with Gasteiger partial charge in [-0.25, -0.2) is 0 Å². The Balaban J connectivity index is 2.96. The first-order valence-corrected chi connectivity index (χ1v) is 7.29. The SMILES string of the molecule is CCC(CC)CN(CC(=O)OC)C(=O)c1cnn(C)c1C. The predicted octanol–water partition coefficient (Wildman–Crippen LogP) is 1.78. The highest BCUT2D eigenvalue weighted by Gasteiger charge is 2.24. The molecule has 0 radical (unpaired) electrons. The minimum atomic E-state index is -0.407. The van der Waals surface area contributed by atoms with Crippen LogP contribution in [0.25, 0.3) is 0 Å². The number of methoxy groups -OCH3 is 1. The lowest BCUT2D eigenvalue weighted by Gasteiger charge is -2.25. The second kappa shape index (κ2) is 7.81. The maximum atomic E-state index is 12.7. The molecule has 0 aliphatic carbocycles. The van der Waals surface area contributed by atoms with Crippen LogP contribution in [0.3, 0.4) is 0 Å². The summed E-state index contributed by atoms with van der Waals surface area (Å²) in [4.78, 5) is 25.8. The third-order valence-electron chi connectivity index (χ3n) is 3.93. The summed E-state index contributed by atoms with van der Waals surface area (Å²) in [5.74, 6) is -0.204. The van der Waals surface area contributed by atoms with Gasteiger partial charge in [-0.05, 0) is 12.8 Å². The number of hydrogen-bond donors (Lipinski definition) is 0. The zero-order valence-electron chi connectivity index (χ0n) is 13.5. The summed E-state index contributed by atoms with van der Waals surface area (Å²) < 4.78 is 6.35. The molecule has 0 atom stereocenters. The van der Waals surface area contributed by atoms with Crippen molar-refractivity contribution >= 4 is 11.9 Å². The number of rotatable bonds is 7. The summed E-state index contributed by atoms with van der Waals surface area (Å²) in [6.45, 7) is 6.54. The smallest absolute Gasteiger partial charge is 0.325 e. The average molecular weight is 295 g/mol. The van der Waals surface area contributed by atoms with E-state index >= 15 is 0 Å². The Hall–Kier alpha value is -1.85. The summed E-state index contributed by atoms with van der Waals surface area (Å²) in [5.41, 5.74) is 1.33. The number of ether oxygens (including phenoxy) is 1. The highest BCUT2D eigenvalue weighted by molar-refractivity contribution is 5.96. The van der Waals surface area contributed by atoms with Crippen LogP contribution in [0.1, 0.15) is 42.7 Å². The van der Waals surface area contributed by atoms with E-state index in [0.717, 1.165) is 18.5 Å². The highest BCUT2D eigenvalue weighted by Crippen LogP contribution is 2.15. The number of hydrogen-bond acceptors (Lipinski definition) is 4. The van der Waals surface area contributed by atoms with E-state index in [1.165, 1.54) is 7.11 Å². The van der Waals surface area contributed by atoms with Gasteiger partial charge in [0.25, 0.3) is 5.91 Å². The molecule has 0 aromatic carbocycles. The van der Waals surface area contributed by atoms with Gasteiger partial charge in [0.1, 0.15) is 6.54 Å². The fraction of sp³-hybridized carbons (Fsp3) is 0.667. The summed E-state index contributed by atoms with van der Waals surface area (Å²) >= 11 is 0. The quantitative estimate of drug-likeness (QED) is 0.719. The number of aromatic nitrogens is 2. The van der Waals surface area contributed by atoms with Crippen molar-refractivity contribution in [3.05, 3.63) is 17.5 Å². The van der Waals surface area contributed by atoms with Crippen LogP contribution in [0.4, 0.5) is 0 Å². The van der Waals surface area contributed by atoms with Gasteiger partial charge >= 0.3 is 5.97 Å². The molecule has 1 aromatic heterocycles. The number of carbonyl (C=O) groups excluding carboxylic acids is 2. The van der Waals surface area contributed by atoms with E-state index in [0.29, 0.717) is 18.0 Å². The Morgan fingerprint density at radius 3 is 2.43 bits per heavy atom. The van der Waals surface area contributed by atoms with Crippen LogP contribution in [0.15, 0.2) is 6.20 Å². The first-order valence-electron chi connectivity index (χ1n) is 7.29. The van der Waals surface area contributed by atoms with Gasteiger partial charge in [-0.15, -0.1) is 0 Å². The van der Waals surface area contributed by atoms with Gasteiger partial charge < -0.3 is 9.64 Å². The van der Waals surface area contributed by atoms with Crippen molar-refractivity contribution in [1.82, 2.24) is 14.7 Å². The third kappa shape index (κ3) is 4.31. The zero-order valence-corrected chi connectivity index (χ0v) is 13.5. The molecule has 0 spiro atoms. The molecule has 1 amide bonds. The molecular weight excluding hydrogens is 270 g/mol. The predicted molar refractivity (Wildman–Crippen MR) is 79.9 cm³/mol. The van der Waals surface area contributed by atoms with Gasteiger partial charge in [0.2, 0.25) is 0 Å². The summed E-state index contributed by atoms with van der Waals surface area (Å²) in [5, 5.41) is 4.09. The molecule has 21 heavy (non-hydrogen) atoms. The van der Waals surface area contributed by atoms with Gasteiger partial charge in [-0.1, -0.05) is 26.7 Å². The summed E-state index contributed by atoms with van der Waals surface area (Å²) in [6.07, 6.45) is 3.48. The van der Waals surface area contributed by atoms with Crippen LogP contribution in [-0.2, 0) is 16.6 Å². The summed E-state index contributed by atoms with van der Waals surface area (Å²) in [7, 11) is 3.12. The van der Waals surface area contributed by atoms with Crippen LogP contribution in [0, 0.1) is 12.8 Å². The fourth-order valence-corrected chi connectivity index (χ4v) is 2.18. The number of amides is 1. The van der Waals surface area contributed by atoms with Gasteiger partial charge in [0.15, 0.2) is 0 Å². The maximum Gasteiger partial charge on any atom is 0.325 e. The van der Waals surface area contributed by atoms with Gasteiger partial charge in [0, 0.05) is 19.3 Å². The van der Waals surface area contributed by atoms with Crippen molar-refractivity contribution in [3.63, 3.8) is 0 Å². The number of carbonyl (C=O) groups is 2. The second-order valence-electron chi connectivity index (χ2n) is 5.21. The van der Waals surface area contributed by atoms with E-state index in [4.69, 9.17) is 4.74 Å². The lowest BCUT2D eigenvalue weighted by Crippen LogP contribution is -2.39. The molecule has 0 fully saturated rings. The van der Waals surface area contributed by atoms with E-state index in [-0.39, 0.29) is 12.5 Å². The van der Waals surface area contributed by atoms with Crippen LogP contribution >= 0.6 is 0 Å². The second-order valence-corrected chi connectivity index (χ2v) is 5.21. The average Bonchev–Trinajstić information content (AvgIpc) is 2.82. The van der Waals surface area contributed by atoms with E-state index in [1.807, 2.05) is 6.92 Å². The van der Waals surface area contributed by atoms with Gasteiger partial charge in [0.05, 0.1) is 18.9 Å². The van der Waals surface area contributed by atoms with E-state index in [9.17, 15) is 9.59 Å². The highest BCUT2D eigenvalue weighted by atomic mass is 16.5. The molecule has 6 heteroatoms. The van der Waals surface area contributed by atoms with Crippen molar-refractivity contribution in [3.8, 4) is 0 Å². The third-order valence-corrected chi connectivity index (χ3v) is 3.93. The van der Waals surface area contributed by atoms with Crippen molar-refractivity contribution in [1.29, 1.82) is 0 Å². The largest absolute Gasteiger partial charge is 0.468 e. The van der Waals surface area contributed by atoms with E-state index in [2.05, 4.69) is 18.9 Å². The number of aryl methyl sites for hydroxylation is 1. The van der Waals surface area contributed by atoms with Crippen molar-refractivity contribution in [2.75, 3.05) is 20.2 Å². The molecule has 1 aromatic rings. The van der Waals surface area contributed by atoms with E-state index < -0.39 is 5.97 Å². The topological polar surface area (TPSA) is 64.4 Å². The van der Waals surface area contributed by atoms with Crippen LogP contribution in [0.2, 0.25) is 0 Å². The Kier molecular flexibility index (Phi) is 6.39. The molecule has 0 aliphatic heterocycles. The number of esters is 1. The molecule has 0 N–H and O–H groups in total. The fourth-order valence-electron chi connectivity index (χ4n) is 2.18. The lowest BCUT2D eigenvalue weighted by molar-refractivity contribution is -0.141. The first kappa shape index (κ1) is 17.2. The molecular formula is C15H25N3O3. The minimum Gasteiger partial charge on any atom is -0.468 e. The number of nitrogens with zero attached hydrogens (tertiary/aromatic N) is 3. The zero-order chi connectivity index (χ0) is 16.0. The molecule has 1 rings (SSSR count). The summed E-state index contributed by atoms with van der Waals surface area (Å²) in [6, 6.07) is 0. The monoisotopic (exact) mass is 295 g/mol. The lowest BCUT2D eigenvalue weighted by atomic mass is 10.0. The van der Waals surface area contributed by atoms with Crippen LogP contribution in [0.5, 0.6) is 0 Å². The molecule has 0 unspecified atom stereocenters. The molecule has 0 saturated carbocycles. The van der Waals surface area contributed by atoms with Crippen LogP contribution in [-0.4, -0.2) is 46.8 Å². The first-order chi connectivity index (χ1) is 9.94. The van der Waals surface area contributed by atoms with Gasteiger partial charge in [-0.3, -0.25) is 14.3 Å². The van der Waals surface area contributed by atoms with Gasteiger partial charge in [-0.2, -0.15) is 5.10 Å². The van der Waals surface area contributed by atoms with Crippen molar-refractivity contribution < 1.29 is 14.3 Å². The molecule has 118 valence electrons. The standard InChI is InChI=1S/C15H25N3O3/c1-6-12(7-2)9-18(10-14(19)21-5)15(20)13-8-16-17(4)11(13)3/h8,12H,6-7,9-10H2,1-5H3. The molecule has 1 heterocycles.